The average Bonchev–Trinajstić information content (AvgIpc) is 2.73. The molecule has 5 nitrogen and oxygen atoms in total. The summed E-state index contributed by atoms with van der Waals surface area (Å²) in [4.78, 5) is 4.42. The van der Waals surface area contributed by atoms with E-state index in [0.29, 0.717) is 0 Å². The van der Waals surface area contributed by atoms with Crippen molar-refractivity contribution in [3.05, 3.63) is 36.3 Å². The number of nitrogens with one attached hydrogen (secondary N) is 1. The lowest BCUT2D eigenvalue weighted by molar-refractivity contribution is 0.741. The van der Waals surface area contributed by atoms with E-state index in [4.69, 9.17) is 0 Å². The third-order valence-electron chi connectivity index (χ3n) is 2.58. The molecule has 0 aromatic carbocycles. The van der Waals surface area contributed by atoms with Crippen LogP contribution in [0.4, 0.5) is 11.8 Å². The van der Waals surface area contributed by atoms with Gasteiger partial charge in [0, 0.05) is 31.5 Å². The molecule has 2 aromatic rings. The molecule has 0 spiro atoms. The number of hydrogen-bond donors (Lipinski definition) is 1. The Bertz CT molecular complexity index is 516. The number of nitrogens with zero attached hydrogens (tertiary/aromatic N) is 4. The van der Waals surface area contributed by atoms with Crippen LogP contribution in [0.5, 0.6) is 0 Å². The molecule has 0 aliphatic rings. The Balaban J connectivity index is 2.25. The zero-order chi connectivity index (χ0) is 12.4. The zero-order valence-electron chi connectivity index (χ0n) is 10.4. The molecule has 1 N–H and O–H groups in total. The Kier molecular flexibility index (Phi) is 2.99. The summed E-state index contributed by atoms with van der Waals surface area (Å²) in [5, 5.41) is 7.55. The second-order valence-electron chi connectivity index (χ2n) is 4.07. The monoisotopic (exact) mass is 231 g/mol. The minimum absolute atomic E-state index is 0.731. The summed E-state index contributed by atoms with van der Waals surface area (Å²) in [6.07, 6.45) is 3.83. The van der Waals surface area contributed by atoms with Gasteiger partial charge in [0.05, 0.1) is 5.69 Å². The highest BCUT2D eigenvalue weighted by molar-refractivity contribution is 5.49. The lowest BCUT2D eigenvalue weighted by Gasteiger charge is -2.04. The highest BCUT2D eigenvalue weighted by Crippen LogP contribution is 2.15. The van der Waals surface area contributed by atoms with E-state index in [-0.39, 0.29) is 0 Å². The van der Waals surface area contributed by atoms with Crippen LogP contribution >= 0.6 is 0 Å². The molecule has 0 bridgehead atoms. The minimum atomic E-state index is 0.731. The second kappa shape index (κ2) is 4.45. The van der Waals surface area contributed by atoms with E-state index >= 15 is 0 Å². The molecule has 90 valence electrons. The lowest BCUT2D eigenvalue weighted by Crippen LogP contribution is -2.02. The van der Waals surface area contributed by atoms with Gasteiger partial charge in [0.15, 0.2) is 5.82 Å². The van der Waals surface area contributed by atoms with Crippen molar-refractivity contribution in [1.82, 2.24) is 19.3 Å². The normalized spacial score (nSPS) is 10.5. The molecular formula is C12H17N5. The number of imidazole rings is 1. The number of rotatable bonds is 4. The predicted octanol–water partition coefficient (Wildman–Crippen LogP) is 2.16. The van der Waals surface area contributed by atoms with Gasteiger partial charge < -0.3 is 9.88 Å². The highest BCUT2D eigenvalue weighted by atomic mass is 15.3. The summed E-state index contributed by atoms with van der Waals surface area (Å²) in [5.74, 6) is 1.60. The van der Waals surface area contributed by atoms with Crippen LogP contribution in [-0.4, -0.2) is 19.3 Å². The van der Waals surface area contributed by atoms with Crippen molar-refractivity contribution in [2.75, 3.05) is 5.32 Å². The maximum Gasteiger partial charge on any atom is 0.209 e. The average molecular weight is 231 g/mol. The van der Waals surface area contributed by atoms with Crippen LogP contribution in [0.15, 0.2) is 24.9 Å². The molecule has 2 heterocycles. The molecule has 0 unspecified atom stereocenters. The van der Waals surface area contributed by atoms with Gasteiger partial charge in [-0.3, -0.25) is 4.68 Å². The summed E-state index contributed by atoms with van der Waals surface area (Å²) < 4.78 is 3.84. The fraction of sp³-hybridized carbons (Fsp3) is 0.333. The molecule has 2 aromatic heterocycles. The second-order valence-corrected chi connectivity index (χ2v) is 4.07. The van der Waals surface area contributed by atoms with Crippen molar-refractivity contribution in [3.8, 4) is 0 Å². The Hall–Kier alpha value is -2.04. The van der Waals surface area contributed by atoms with Gasteiger partial charge >= 0.3 is 0 Å². The number of anilines is 2. The van der Waals surface area contributed by atoms with Crippen LogP contribution in [0, 0.1) is 13.8 Å². The van der Waals surface area contributed by atoms with E-state index < -0.39 is 0 Å². The van der Waals surface area contributed by atoms with Gasteiger partial charge in [-0.05, 0) is 13.8 Å². The minimum Gasteiger partial charge on any atom is -0.313 e. The SMILES string of the molecule is C=CCn1cc(C)nc1Nc1cc(C)n(C)n1. The van der Waals surface area contributed by atoms with Crippen molar-refractivity contribution in [2.24, 2.45) is 7.05 Å². The third-order valence-corrected chi connectivity index (χ3v) is 2.58. The van der Waals surface area contributed by atoms with Crippen LogP contribution in [0.3, 0.4) is 0 Å². The highest BCUT2D eigenvalue weighted by Gasteiger charge is 2.07. The van der Waals surface area contributed by atoms with E-state index in [0.717, 1.165) is 29.7 Å². The molecule has 0 aliphatic carbocycles. The lowest BCUT2D eigenvalue weighted by atomic mass is 10.4. The van der Waals surface area contributed by atoms with E-state index in [1.54, 1.807) is 0 Å². The first kappa shape index (κ1) is 11.4. The summed E-state index contributed by atoms with van der Waals surface area (Å²) in [5.41, 5.74) is 2.08. The van der Waals surface area contributed by atoms with Crippen molar-refractivity contribution < 1.29 is 0 Å². The summed E-state index contributed by atoms with van der Waals surface area (Å²) in [6, 6.07) is 1.99. The van der Waals surface area contributed by atoms with Crippen LogP contribution in [0.2, 0.25) is 0 Å². The summed E-state index contributed by atoms with van der Waals surface area (Å²) in [6.45, 7) is 8.45. The Morgan fingerprint density at radius 3 is 2.82 bits per heavy atom. The quantitative estimate of drug-likeness (QED) is 0.820. The molecule has 2 rings (SSSR count). The van der Waals surface area contributed by atoms with Gasteiger partial charge in [0.2, 0.25) is 5.95 Å². The zero-order valence-corrected chi connectivity index (χ0v) is 10.4. The first-order chi connectivity index (χ1) is 8.10. The van der Waals surface area contributed by atoms with E-state index in [1.807, 2.05) is 48.5 Å². The van der Waals surface area contributed by atoms with E-state index in [1.165, 1.54) is 0 Å². The summed E-state index contributed by atoms with van der Waals surface area (Å²) in [7, 11) is 1.92. The number of allylic oxidation sites excluding steroid dienone is 1. The van der Waals surface area contributed by atoms with Gasteiger partial charge in [0.1, 0.15) is 0 Å². The van der Waals surface area contributed by atoms with Crippen molar-refractivity contribution in [3.63, 3.8) is 0 Å². The topological polar surface area (TPSA) is 47.7 Å². The molecular weight excluding hydrogens is 214 g/mol. The summed E-state index contributed by atoms with van der Waals surface area (Å²) >= 11 is 0. The molecule has 5 heteroatoms. The van der Waals surface area contributed by atoms with E-state index in [2.05, 4.69) is 22.0 Å². The van der Waals surface area contributed by atoms with Crippen LogP contribution < -0.4 is 5.32 Å². The molecule has 0 aliphatic heterocycles. The molecule has 0 radical (unpaired) electrons. The molecule has 0 fully saturated rings. The number of aromatic nitrogens is 4. The first-order valence-electron chi connectivity index (χ1n) is 5.52. The first-order valence-corrected chi connectivity index (χ1v) is 5.52. The third kappa shape index (κ3) is 2.38. The van der Waals surface area contributed by atoms with Gasteiger partial charge in [-0.2, -0.15) is 5.10 Å². The fourth-order valence-corrected chi connectivity index (χ4v) is 1.66. The van der Waals surface area contributed by atoms with Crippen LogP contribution in [0.25, 0.3) is 0 Å². The largest absolute Gasteiger partial charge is 0.313 e. The maximum absolute atomic E-state index is 4.42. The Labute approximate surface area is 101 Å². The molecule has 0 amide bonds. The standard InChI is InChI=1S/C12H17N5/c1-5-6-17-8-9(2)13-12(17)14-11-7-10(3)16(4)15-11/h5,7-8H,1,6H2,2-4H3,(H,13,14,15). The van der Waals surface area contributed by atoms with E-state index in [9.17, 15) is 0 Å². The van der Waals surface area contributed by atoms with Crippen molar-refractivity contribution in [1.29, 1.82) is 0 Å². The van der Waals surface area contributed by atoms with Gasteiger partial charge in [-0.1, -0.05) is 6.08 Å². The smallest absolute Gasteiger partial charge is 0.209 e. The van der Waals surface area contributed by atoms with Gasteiger partial charge in [-0.25, -0.2) is 4.98 Å². The molecule has 0 saturated heterocycles. The van der Waals surface area contributed by atoms with Crippen molar-refractivity contribution >= 4 is 11.8 Å². The fourth-order valence-electron chi connectivity index (χ4n) is 1.66. The molecule has 0 saturated carbocycles. The van der Waals surface area contributed by atoms with Crippen molar-refractivity contribution in [2.45, 2.75) is 20.4 Å². The molecule has 0 atom stereocenters. The Morgan fingerprint density at radius 1 is 1.47 bits per heavy atom. The van der Waals surface area contributed by atoms with Crippen LogP contribution in [-0.2, 0) is 13.6 Å². The Morgan fingerprint density at radius 2 is 2.24 bits per heavy atom. The van der Waals surface area contributed by atoms with Gasteiger partial charge in [-0.15, -0.1) is 6.58 Å². The predicted molar refractivity (Wildman–Crippen MR) is 68.4 cm³/mol. The maximum atomic E-state index is 4.42. The number of hydrogen-bond acceptors (Lipinski definition) is 3. The number of aryl methyl sites for hydroxylation is 3. The van der Waals surface area contributed by atoms with Crippen LogP contribution in [0.1, 0.15) is 11.4 Å². The molecule has 17 heavy (non-hydrogen) atoms. The van der Waals surface area contributed by atoms with Gasteiger partial charge in [0.25, 0.3) is 0 Å².